The van der Waals surface area contributed by atoms with E-state index in [1.807, 2.05) is 6.92 Å². The maximum absolute atomic E-state index is 11.9. The van der Waals surface area contributed by atoms with Crippen molar-refractivity contribution in [2.24, 2.45) is 0 Å². The average Bonchev–Trinajstić information content (AvgIpc) is 2.67. The maximum Gasteiger partial charge on any atom is 0.258 e. The molecule has 0 bridgehead atoms. The molecule has 0 unspecified atom stereocenters. The van der Waals surface area contributed by atoms with Crippen LogP contribution in [0.4, 0.5) is 5.82 Å². The normalized spacial score (nSPS) is 10.3. The summed E-state index contributed by atoms with van der Waals surface area (Å²) in [4.78, 5) is 11.9. The first kappa shape index (κ1) is 12.0. The van der Waals surface area contributed by atoms with Crippen LogP contribution >= 0.6 is 23.2 Å². The van der Waals surface area contributed by atoms with Crippen molar-refractivity contribution in [1.29, 1.82) is 0 Å². The first-order valence-corrected chi connectivity index (χ1v) is 5.60. The topological polar surface area (TPSA) is 57.8 Å². The summed E-state index contributed by atoms with van der Waals surface area (Å²) in [7, 11) is 0. The molecule has 0 radical (unpaired) electrons. The smallest absolute Gasteiger partial charge is 0.258 e. The fourth-order valence-electron chi connectivity index (χ4n) is 1.34. The van der Waals surface area contributed by atoms with Crippen LogP contribution in [0.3, 0.4) is 0 Å². The van der Waals surface area contributed by atoms with E-state index in [9.17, 15) is 4.79 Å². The van der Waals surface area contributed by atoms with Crippen LogP contribution in [-0.4, -0.2) is 16.1 Å². The Morgan fingerprint density at radius 1 is 1.35 bits per heavy atom. The predicted octanol–water partition coefficient (Wildman–Crippen LogP) is 3.28. The van der Waals surface area contributed by atoms with E-state index < -0.39 is 0 Å². The average molecular weight is 270 g/mol. The first-order valence-electron chi connectivity index (χ1n) is 4.84. The largest absolute Gasteiger partial charge is 0.305 e. The molecule has 1 amide bonds. The minimum atomic E-state index is -0.344. The molecule has 88 valence electrons. The number of aromatic nitrogens is 2. The van der Waals surface area contributed by atoms with Crippen molar-refractivity contribution in [2.45, 2.75) is 6.92 Å². The number of benzene rings is 1. The Labute approximate surface area is 108 Å². The summed E-state index contributed by atoms with van der Waals surface area (Å²) in [5.74, 6) is 0.104. The summed E-state index contributed by atoms with van der Waals surface area (Å²) < 4.78 is 0. The lowest BCUT2D eigenvalue weighted by Crippen LogP contribution is -2.12. The number of nitrogens with one attached hydrogen (secondary N) is 2. The van der Waals surface area contributed by atoms with Gasteiger partial charge in [0.05, 0.1) is 10.6 Å². The Kier molecular flexibility index (Phi) is 3.36. The van der Waals surface area contributed by atoms with Crippen molar-refractivity contribution in [1.82, 2.24) is 10.2 Å². The molecule has 0 atom stereocenters. The van der Waals surface area contributed by atoms with Gasteiger partial charge in [-0.3, -0.25) is 9.89 Å². The van der Waals surface area contributed by atoms with E-state index in [4.69, 9.17) is 23.2 Å². The van der Waals surface area contributed by atoms with Gasteiger partial charge in [-0.1, -0.05) is 23.2 Å². The number of anilines is 1. The van der Waals surface area contributed by atoms with Crippen molar-refractivity contribution >= 4 is 34.9 Å². The second-order valence-electron chi connectivity index (χ2n) is 3.51. The number of halogens is 2. The molecule has 0 aliphatic rings. The number of nitrogens with zero attached hydrogens (tertiary/aromatic N) is 1. The molecule has 1 heterocycles. The molecule has 1 aromatic carbocycles. The lowest BCUT2D eigenvalue weighted by molar-refractivity contribution is 0.102. The van der Waals surface area contributed by atoms with Gasteiger partial charge in [0.1, 0.15) is 0 Å². The molecule has 1 aromatic heterocycles. The van der Waals surface area contributed by atoms with Crippen molar-refractivity contribution in [3.8, 4) is 0 Å². The maximum atomic E-state index is 11.9. The van der Waals surface area contributed by atoms with Gasteiger partial charge < -0.3 is 5.32 Å². The molecular weight excluding hydrogens is 261 g/mol. The number of hydrogen-bond donors (Lipinski definition) is 2. The van der Waals surface area contributed by atoms with Crippen molar-refractivity contribution in [3.63, 3.8) is 0 Å². The molecule has 0 fully saturated rings. The van der Waals surface area contributed by atoms with Gasteiger partial charge in [-0.05, 0) is 25.1 Å². The molecule has 0 saturated heterocycles. The fourth-order valence-corrected chi connectivity index (χ4v) is 1.71. The molecule has 0 aliphatic heterocycles. The molecule has 4 nitrogen and oxygen atoms in total. The van der Waals surface area contributed by atoms with E-state index >= 15 is 0 Å². The Morgan fingerprint density at radius 3 is 2.76 bits per heavy atom. The second kappa shape index (κ2) is 4.77. The van der Waals surface area contributed by atoms with E-state index in [1.165, 1.54) is 6.07 Å². The highest BCUT2D eigenvalue weighted by molar-refractivity contribution is 6.36. The van der Waals surface area contributed by atoms with E-state index in [-0.39, 0.29) is 5.91 Å². The van der Waals surface area contributed by atoms with Gasteiger partial charge in [-0.2, -0.15) is 5.10 Å². The van der Waals surface area contributed by atoms with Crippen LogP contribution in [0.1, 0.15) is 16.1 Å². The fraction of sp³-hybridized carbons (Fsp3) is 0.0909. The highest BCUT2D eigenvalue weighted by Crippen LogP contribution is 2.21. The summed E-state index contributed by atoms with van der Waals surface area (Å²) in [6, 6.07) is 6.43. The number of rotatable bonds is 2. The van der Waals surface area contributed by atoms with E-state index in [0.717, 1.165) is 5.69 Å². The third-order valence-electron chi connectivity index (χ3n) is 2.12. The van der Waals surface area contributed by atoms with Crippen LogP contribution in [0.15, 0.2) is 24.3 Å². The second-order valence-corrected chi connectivity index (χ2v) is 4.36. The molecule has 0 saturated carbocycles. The highest BCUT2D eigenvalue weighted by atomic mass is 35.5. The number of amides is 1. The minimum absolute atomic E-state index is 0.319. The molecular formula is C11H9Cl2N3O. The van der Waals surface area contributed by atoms with Gasteiger partial charge in [0.25, 0.3) is 5.91 Å². The van der Waals surface area contributed by atoms with E-state index in [2.05, 4.69) is 15.5 Å². The number of aryl methyl sites for hydroxylation is 1. The zero-order chi connectivity index (χ0) is 12.4. The molecule has 2 aromatic rings. The summed E-state index contributed by atoms with van der Waals surface area (Å²) in [6.07, 6.45) is 0. The van der Waals surface area contributed by atoms with Crippen LogP contribution in [0.25, 0.3) is 0 Å². The lowest BCUT2D eigenvalue weighted by atomic mass is 10.2. The van der Waals surface area contributed by atoms with Crippen molar-refractivity contribution in [2.75, 3.05) is 5.32 Å². The summed E-state index contributed by atoms with van der Waals surface area (Å²) in [5.41, 5.74) is 1.18. The quantitative estimate of drug-likeness (QED) is 0.879. The van der Waals surface area contributed by atoms with Crippen LogP contribution in [-0.2, 0) is 0 Å². The number of H-pyrrole nitrogens is 1. The predicted molar refractivity (Wildman–Crippen MR) is 67.7 cm³/mol. The van der Waals surface area contributed by atoms with Crippen LogP contribution in [0.5, 0.6) is 0 Å². The van der Waals surface area contributed by atoms with E-state index in [1.54, 1.807) is 18.2 Å². The van der Waals surface area contributed by atoms with Gasteiger partial charge in [0.15, 0.2) is 5.82 Å². The summed E-state index contributed by atoms with van der Waals surface area (Å²) in [5, 5.41) is 10.1. The van der Waals surface area contributed by atoms with Gasteiger partial charge in [0.2, 0.25) is 0 Å². The number of hydrogen-bond acceptors (Lipinski definition) is 2. The van der Waals surface area contributed by atoms with Crippen LogP contribution < -0.4 is 5.32 Å². The van der Waals surface area contributed by atoms with Crippen molar-refractivity contribution in [3.05, 3.63) is 45.6 Å². The minimum Gasteiger partial charge on any atom is -0.305 e. The van der Waals surface area contributed by atoms with Gasteiger partial charge in [-0.15, -0.1) is 0 Å². The van der Waals surface area contributed by atoms with Gasteiger partial charge >= 0.3 is 0 Å². The van der Waals surface area contributed by atoms with Crippen LogP contribution in [0, 0.1) is 6.92 Å². The Morgan fingerprint density at radius 2 is 2.12 bits per heavy atom. The first-order chi connectivity index (χ1) is 8.06. The monoisotopic (exact) mass is 269 g/mol. The van der Waals surface area contributed by atoms with Gasteiger partial charge in [-0.25, -0.2) is 0 Å². The molecule has 0 aliphatic carbocycles. The highest BCUT2D eigenvalue weighted by Gasteiger charge is 2.12. The van der Waals surface area contributed by atoms with Crippen molar-refractivity contribution < 1.29 is 4.79 Å². The zero-order valence-electron chi connectivity index (χ0n) is 8.92. The van der Waals surface area contributed by atoms with E-state index in [0.29, 0.717) is 21.4 Å². The third kappa shape index (κ3) is 2.78. The number of aromatic amines is 1. The third-order valence-corrected chi connectivity index (χ3v) is 2.69. The summed E-state index contributed by atoms with van der Waals surface area (Å²) in [6.45, 7) is 1.84. The Bertz CT molecular complexity index is 566. The Balaban J connectivity index is 2.22. The lowest BCUT2D eigenvalue weighted by Gasteiger charge is -2.04. The standard InChI is InChI=1S/C11H9Cl2N3O/c1-6-4-10(16-15-6)14-11(17)8-5-7(12)2-3-9(8)13/h2-5H,1H3,(H2,14,15,16,17). The zero-order valence-corrected chi connectivity index (χ0v) is 10.4. The van der Waals surface area contributed by atoms with Gasteiger partial charge in [0, 0.05) is 16.8 Å². The molecule has 2 N–H and O–H groups in total. The SMILES string of the molecule is Cc1cc(NC(=O)c2cc(Cl)ccc2Cl)n[nH]1. The molecule has 2 rings (SSSR count). The molecule has 17 heavy (non-hydrogen) atoms. The molecule has 6 heteroatoms. The van der Waals surface area contributed by atoms with Crippen LogP contribution in [0.2, 0.25) is 10.0 Å². The molecule has 0 spiro atoms. The number of carbonyl (C=O) groups is 1. The Hall–Kier alpha value is -1.52. The number of carbonyl (C=O) groups excluding carboxylic acids is 1. The summed E-state index contributed by atoms with van der Waals surface area (Å²) >= 11 is 11.7.